The van der Waals surface area contributed by atoms with Gasteiger partial charge in [0, 0.05) is 50.4 Å². The Kier molecular flexibility index (Phi) is 5.02. The summed E-state index contributed by atoms with van der Waals surface area (Å²) in [7, 11) is -1.90. The molecule has 1 N–H and O–H groups in total. The maximum absolute atomic E-state index is 13.6. The number of fused-ring (bicyclic) bond motifs is 2. The molecule has 0 atom stereocenters. The van der Waals surface area contributed by atoms with Gasteiger partial charge in [0.2, 0.25) is 0 Å². The number of ether oxygens (including phenoxy) is 1. The van der Waals surface area contributed by atoms with E-state index in [0.717, 1.165) is 55.2 Å². The van der Waals surface area contributed by atoms with Gasteiger partial charge in [-0.25, -0.2) is 0 Å². The van der Waals surface area contributed by atoms with Crippen molar-refractivity contribution in [3.63, 3.8) is 0 Å². The number of likely N-dealkylation sites (N-methyl/N-ethyl adjacent to an activating group) is 1. The molecule has 2 aliphatic heterocycles. The van der Waals surface area contributed by atoms with Gasteiger partial charge in [0.1, 0.15) is 12.4 Å². The van der Waals surface area contributed by atoms with Crippen LogP contribution in [0.3, 0.4) is 0 Å². The van der Waals surface area contributed by atoms with Crippen LogP contribution in [0.5, 0.6) is 5.75 Å². The summed E-state index contributed by atoms with van der Waals surface area (Å²) in [6, 6.07) is 11.1. The maximum Gasteiger partial charge on any atom is 0.283 e. The summed E-state index contributed by atoms with van der Waals surface area (Å²) in [5.74, 6) is 0.587. The highest BCUT2D eigenvalue weighted by Crippen LogP contribution is 2.34. The van der Waals surface area contributed by atoms with Crippen molar-refractivity contribution in [2.24, 2.45) is 0 Å². The van der Waals surface area contributed by atoms with Crippen molar-refractivity contribution in [3.8, 4) is 5.75 Å². The number of hydrogen-bond acceptors (Lipinski definition) is 7. The molecule has 2 aromatic carbocycles. The van der Waals surface area contributed by atoms with Crippen LogP contribution >= 0.6 is 0 Å². The second-order valence-corrected chi connectivity index (χ2v) is 9.75. The van der Waals surface area contributed by atoms with Gasteiger partial charge in [0.15, 0.2) is 0 Å². The molecule has 0 spiro atoms. The Morgan fingerprint density at radius 2 is 1.90 bits per heavy atom. The predicted molar refractivity (Wildman–Crippen MR) is 122 cm³/mol. The number of nitrogens with zero attached hydrogens (tertiary/aromatic N) is 4. The standard InChI is InChI=1S/C22H27N5O3S/c1-3-19-18-6-4-16(26-10-8-23-9-11-26)14-21(18)27(24-19)31(28,29)17-5-7-20-22(15-17)30-13-12-25(20)2/h4-7,14-15,23H,3,8-13H2,1-2H3. The molecular weight excluding hydrogens is 414 g/mol. The van der Waals surface area contributed by atoms with Crippen LogP contribution in [0.2, 0.25) is 0 Å². The minimum Gasteiger partial charge on any atom is -0.490 e. The number of aryl methyl sites for hydroxylation is 1. The fourth-order valence-electron chi connectivity index (χ4n) is 4.30. The number of nitrogens with one attached hydrogen (secondary N) is 1. The minimum atomic E-state index is -3.88. The lowest BCUT2D eigenvalue weighted by molar-refractivity contribution is 0.310. The van der Waals surface area contributed by atoms with Crippen molar-refractivity contribution in [1.82, 2.24) is 14.5 Å². The first-order valence-electron chi connectivity index (χ1n) is 10.7. The average Bonchev–Trinajstić information content (AvgIpc) is 3.18. The quantitative estimate of drug-likeness (QED) is 0.664. The molecule has 0 unspecified atom stereocenters. The van der Waals surface area contributed by atoms with Gasteiger partial charge in [-0.1, -0.05) is 6.92 Å². The van der Waals surface area contributed by atoms with E-state index in [0.29, 0.717) is 24.3 Å². The molecular formula is C22H27N5O3S. The molecule has 9 heteroatoms. The van der Waals surface area contributed by atoms with E-state index in [1.165, 1.54) is 4.09 Å². The Morgan fingerprint density at radius 1 is 1.10 bits per heavy atom. The Labute approximate surface area is 182 Å². The highest BCUT2D eigenvalue weighted by molar-refractivity contribution is 7.90. The monoisotopic (exact) mass is 441 g/mol. The van der Waals surface area contributed by atoms with Crippen molar-refractivity contribution in [2.45, 2.75) is 18.2 Å². The van der Waals surface area contributed by atoms with E-state index < -0.39 is 10.0 Å². The first-order chi connectivity index (χ1) is 15.0. The predicted octanol–water partition coefficient (Wildman–Crippen LogP) is 2.07. The zero-order chi connectivity index (χ0) is 21.6. The zero-order valence-corrected chi connectivity index (χ0v) is 18.7. The minimum absolute atomic E-state index is 0.182. The van der Waals surface area contributed by atoms with E-state index >= 15 is 0 Å². The van der Waals surface area contributed by atoms with Crippen molar-refractivity contribution in [3.05, 3.63) is 42.1 Å². The van der Waals surface area contributed by atoms with Gasteiger partial charge < -0.3 is 19.9 Å². The molecule has 3 heterocycles. The van der Waals surface area contributed by atoms with Gasteiger partial charge in [0.05, 0.1) is 28.3 Å². The third kappa shape index (κ3) is 3.41. The van der Waals surface area contributed by atoms with E-state index in [1.807, 2.05) is 26.1 Å². The molecule has 0 saturated carbocycles. The fourth-order valence-corrected chi connectivity index (χ4v) is 5.61. The van der Waals surface area contributed by atoms with Crippen LogP contribution in [-0.2, 0) is 16.4 Å². The molecule has 1 saturated heterocycles. The Hall–Kier alpha value is -2.78. The summed E-state index contributed by atoms with van der Waals surface area (Å²) in [4.78, 5) is 4.52. The molecule has 3 aromatic rings. The van der Waals surface area contributed by atoms with Crippen LogP contribution in [0.4, 0.5) is 11.4 Å². The van der Waals surface area contributed by atoms with E-state index in [1.54, 1.807) is 18.2 Å². The zero-order valence-electron chi connectivity index (χ0n) is 17.8. The topological polar surface area (TPSA) is 79.7 Å². The summed E-state index contributed by atoms with van der Waals surface area (Å²) in [6.45, 7) is 6.92. The lowest BCUT2D eigenvalue weighted by Crippen LogP contribution is -2.43. The van der Waals surface area contributed by atoms with Crippen molar-refractivity contribution in [2.75, 3.05) is 56.2 Å². The molecule has 1 aromatic heterocycles. The van der Waals surface area contributed by atoms with E-state index in [2.05, 4.69) is 26.3 Å². The summed E-state index contributed by atoms with van der Waals surface area (Å²) in [6.07, 6.45) is 0.657. The van der Waals surface area contributed by atoms with Gasteiger partial charge >= 0.3 is 0 Å². The Bertz CT molecular complexity index is 1230. The number of aromatic nitrogens is 2. The molecule has 5 rings (SSSR count). The molecule has 0 amide bonds. The number of piperazine rings is 1. The molecule has 1 fully saturated rings. The number of hydrogen-bond donors (Lipinski definition) is 1. The van der Waals surface area contributed by atoms with Crippen LogP contribution in [-0.4, -0.2) is 64.0 Å². The first-order valence-corrected chi connectivity index (χ1v) is 12.1. The van der Waals surface area contributed by atoms with Crippen molar-refractivity contribution < 1.29 is 13.2 Å². The fraction of sp³-hybridized carbons (Fsp3) is 0.409. The Balaban J connectivity index is 1.62. The van der Waals surface area contributed by atoms with Crippen LogP contribution in [0, 0.1) is 0 Å². The lowest BCUT2D eigenvalue weighted by atomic mass is 10.1. The average molecular weight is 442 g/mol. The van der Waals surface area contributed by atoms with Gasteiger partial charge in [-0.05, 0) is 36.8 Å². The SMILES string of the molecule is CCc1nn(S(=O)(=O)c2ccc3c(c2)OCCN3C)c2cc(N3CCNCC3)ccc12. The number of benzene rings is 2. The van der Waals surface area contributed by atoms with Gasteiger partial charge in [-0.15, -0.1) is 0 Å². The lowest BCUT2D eigenvalue weighted by Gasteiger charge is -2.29. The van der Waals surface area contributed by atoms with Gasteiger partial charge in [-0.3, -0.25) is 0 Å². The van der Waals surface area contributed by atoms with Gasteiger partial charge in [0.25, 0.3) is 10.0 Å². The Morgan fingerprint density at radius 3 is 2.68 bits per heavy atom. The normalized spacial score (nSPS) is 17.0. The molecule has 0 radical (unpaired) electrons. The van der Waals surface area contributed by atoms with Crippen molar-refractivity contribution >= 4 is 32.3 Å². The maximum atomic E-state index is 13.6. The van der Waals surface area contributed by atoms with Crippen LogP contribution in [0.25, 0.3) is 10.9 Å². The highest BCUT2D eigenvalue weighted by Gasteiger charge is 2.26. The van der Waals surface area contributed by atoms with Crippen LogP contribution < -0.4 is 19.9 Å². The van der Waals surface area contributed by atoms with Crippen LogP contribution in [0.1, 0.15) is 12.6 Å². The number of anilines is 2. The van der Waals surface area contributed by atoms with Crippen molar-refractivity contribution in [1.29, 1.82) is 0 Å². The second kappa shape index (κ2) is 7.72. The van der Waals surface area contributed by atoms with E-state index in [9.17, 15) is 8.42 Å². The third-order valence-corrected chi connectivity index (χ3v) is 7.66. The smallest absolute Gasteiger partial charge is 0.283 e. The molecule has 8 nitrogen and oxygen atoms in total. The third-order valence-electron chi connectivity index (χ3n) is 6.08. The van der Waals surface area contributed by atoms with Crippen LogP contribution in [0.15, 0.2) is 41.3 Å². The van der Waals surface area contributed by atoms with E-state index in [4.69, 9.17) is 4.74 Å². The van der Waals surface area contributed by atoms with E-state index in [-0.39, 0.29) is 4.90 Å². The molecule has 0 aliphatic carbocycles. The largest absolute Gasteiger partial charge is 0.490 e. The molecule has 31 heavy (non-hydrogen) atoms. The second-order valence-electron chi connectivity index (χ2n) is 7.99. The summed E-state index contributed by atoms with van der Waals surface area (Å²) in [5.41, 5.74) is 3.30. The highest BCUT2D eigenvalue weighted by atomic mass is 32.2. The summed E-state index contributed by atoms with van der Waals surface area (Å²) < 4.78 is 34.2. The summed E-state index contributed by atoms with van der Waals surface area (Å²) >= 11 is 0. The number of rotatable bonds is 4. The molecule has 0 bridgehead atoms. The molecule has 2 aliphatic rings. The van der Waals surface area contributed by atoms with Gasteiger partial charge in [-0.2, -0.15) is 17.6 Å². The summed E-state index contributed by atoms with van der Waals surface area (Å²) in [5, 5.41) is 8.74. The molecule has 164 valence electrons. The first kappa shape index (κ1) is 20.1.